The second-order valence-electron chi connectivity index (χ2n) is 8.27. The number of ether oxygens (including phenoxy) is 2. The Balaban J connectivity index is 1.63. The maximum Gasteiger partial charge on any atom is 0.419 e. The molecule has 2 heterocycles. The molecule has 12 heteroatoms. The SMILES string of the molecule is COc1ccc(-c2cc(S(=O)(=O)Nc3ccc(C(F)(F)F)c(O[C@]4(C)CCNC4)c3)sc2Cl)cc1. The van der Waals surface area contributed by atoms with E-state index in [1.807, 2.05) is 0 Å². The summed E-state index contributed by atoms with van der Waals surface area (Å²) in [6.07, 6.45) is -4.15. The minimum atomic E-state index is -4.66. The molecule has 0 spiro atoms. The van der Waals surface area contributed by atoms with Gasteiger partial charge in [0.25, 0.3) is 10.0 Å². The average Bonchev–Trinajstić information content (AvgIpc) is 3.39. The molecule has 6 nitrogen and oxygen atoms in total. The zero-order valence-electron chi connectivity index (χ0n) is 18.7. The fourth-order valence-corrected chi connectivity index (χ4v) is 6.52. The van der Waals surface area contributed by atoms with Gasteiger partial charge in [-0.15, -0.1) is 11.3 Å². The third kappa shape index (κ3) is 5.69. The molecule has 2 N–H and O–H groups in total. The van der Waals surface area contributed by atoms with Crippen molar-refractivity contribution in [3.63, 3.8) is 0 Å². The smallest absolute Gasteiger partial charge is 0.419 e. The van der Waals surface area contributed by atoms with E-state index >= 15 is 0 Å². The van der Waals surface area contributed by atoms with Crippen molar-refractivity contribution in [2.24, 2.45) is 0 Å². The van der Waals surface area contributed by atoms with Gasteiger partial charge in [0.1, 0.15) is 25.6 Å². The number of methoxy groups -OCH3 is 1. The van der Waals surface area contributed by atoms with Crippen LogP contribution >= 0.6 is 22.9 Å². The zero-order valence-corrected chi connectivity index (χ0v) is 21.1. The number of thiophene rings is 1. The fraction of sp³-hybridized carbons (Fsp3) is 0.304. The predicted molar refractivity (Wildman–Crippen MR) is 130 cm³/mol. The molecule has 35 heavy (non-hydrogen) atoms. The van der Waals surface area contributed by atoms with Gasteiger partial charge in [0.05, 0.1) is 18.4 Å². The highest BCUT2D eigenvalue weighted by molar-refractivity contribution is 7.94. The van der Waals surface area contributed by atoms with E-state index in [0.717, 1.165) is 29.5 Å². The van der Waals surface area contributed by atoms with E-state index in [0.29, 0.717) is 36.4 Å². The van der Waals surface area contributed by atoms with Crippen LogP contribution in [0.15, 0.2) is 52.7 Å². The first-order valence-corrected chi connectivity index (χ1v) is 13.2. The summed E-state index contributed by atoms with van der Waals surface area (Å²) in [4.78, 5) is 0. The van der Waals surface area contributed by atoms with Gasteiger partial charge in [0.2, 0.25) is 0 Å². The van der Waals surface area contributed by atoms with Crippen LogP contribution in [0.3, 0.4) is 0 Å². The van der Waals surface area contributed by atoms with Crippen molar-refractivity contribution in [1.29, 1.82) is 0 Å². The number of sulfonamides is 1. The van der Waals surface area contributed by atoms with Gasteiger partial charge in [-0.25, -0.2) is 8.42 Å². The number of nitrogens with one attached hydrogen (secondary N) is 2. The summed E-state index contributed by atoms with van der Waals surface area (Å²) in [6.45, 7) is 2.69. The summed E-state index contributed by atoms with van der Waals surface area (Å²) in [6, 6.07) is 11.3. The molecule has 1 saturated heterocycles. The Morgan fingerprint density at radius 2 is 1.86 bits per heavy atom. The summed E-state index contributed by atoms with van der Waals surface area (Å²) in [5.41, 5.74) is -0.672. The maximum atomic E-state index is 13.6. The largest absolute Gasteiger partial charge is 0.497 e. The van der Waals surface area contributed by atoms with Crippen LogP contribution in [0.4, 0.5) is 18.9 Å². The normalized spacial score (nSPS) is 18.5. The van der Waals surface area contributed by atoms with E-state index < -0.39 is 33.1 Å². The van der Waals surface area contributed by atoms with E-state index in [9.17, 15) is 21.6 Å². The van der Waals surface area contributed by atoms with Gasteiger partial charge in [0.15, 0.2) is 0 Å². The van der Waals surface area contributed by atoms with Gasteiger partial charge in [-0.2, -0.15) is 13.2 Å². The summed E-state index contributed by atoms with van der Waals surface area (Å²) in [7, 11) is -2.60. The molecule has 1 aliphatic heterocycles. The minimum absolute atomic E-state index is 0.0573. The molecule has 4 rings (SSSR count). The Hall–Kier alpha value is -2.47. The van der Waals surface area contributed by atoms with Crippen LogP contribution in [0.25, 0.3) is 11.1 Å². The van der Waals surface area contributed by atoms with E-state index in [1.54, 1.807) is 31.2 Å². The van der Waals surface area contributed by atoms with E-state index in [1.165, 1.54) is 13.2 Å². The molecule has 0 amide bonds. The number of benzene rings is 2. The average molecular weight is 547 g/mol. The first-order valence-electron chi connectivity index (χ1n) is 10.5. The van der Waals surface area contributed by atoms with E-state index in [2.05, 4.69) is 10.0 Å². The number of rotatable bonds is 7. The van der Waals surface area contributed by atoms with Crippen molar-refractivity contribution >= 4 is 38.6 Å². The highest BCUT2D eigenvalue weighted by Crippen LogP contribution is 2.42. The second kappa shape index (κ2) is 9.53. The topological polar surface area (TPSA) is 76.7 Å². The number of hydrogen-bond acceptors (Lipinski definition) is 6. The van der Waals surface area contributed by atoms with Crippen LogP contribution in [-0.2, 0) is 16.2 Å². The first-order chi connectivity index (χ1) is 16.4. The van der Waals surface area contributed by atoms with Gasteiger partial charge < -0.3 is 14.8 Å². The number of alkyl halides is 3. The van der Waals surface area contributed by atoms with Crippen molar-refractivity contribution in [1.82, 2.24) is 5.32 Å². The minimum Gasteiger partial charge on any atom is -0.497 e. The molecule has 0 radical (unpaired) electrons. The predicted octanol–water partition coefficient (Wildman–Crippen LogP) is 6.03. The van der Waals surface area contributed by atoms with Crippen LogP contribution in [0, 0.1) is 0 Å². The van der Waals surface area contributed by atoms with Crippen LogP contribution in [0.2, 0.25) is 4.34 Å². The Morgan fingerprint density at radius 1 is 1.14 bits per heavy atom. The molecule has 0 unspecified atom stereocenters. The van der Waals surface area contributed by atoms with E-state index in [4.69, 9.17) is 21.1 Å². The molecular weight excluding hydrogens is 525 g/mol. The lowest BCUT2D eigenvalue weighted by Gasteiger charge is -2.27. The Bertz CT molecular complexity index is 1320. The highest BCUT2D eigenvalue weighted by atomic mass is 35.5. The summed E-state index contributed by atoms with van der Waals surface area (Å²) >= 11 is 7.16. The molecule has 2 aromatic carbocycles. The summed E-state index contributed by atoms with van der Waals surface area (Å²) in [5, 5.41) is 3.06. The lowest BCUT2D eigenvalue weighted by Crippen LogP contribution is -2.35. The monoisotopic (exact) mass is 546 g/mol. The lowest BCUT2D eigenvalue weighted by molar-refractivity contribution is -0.139. The van der Waals surface area contributed by atoms with Crippen LogP contribution in [0.1, 0.15) is 18.9 Å². The van der Waals surface area contributed by atoms with Gasteiger partial charge >= 0.3 is 6.18 Å². The van der Waals surface area contributed by atoms with Gasteiger partial charge in [-0.1, -0.05) is 23.7 Å². The van der Waals surface area contributed by atoms with Crippen molar-refractivity contribution in [2.45, 2.75) is 29.3 Å². The van der Waals surface area contributed by atoms with Crippen LogP contribution in [0.5, 0.6) is 11.5 Å². The third-order valence-electron chi connectivity index (χ3n) is 5.56. The molecule has 1 aliphatic rings. The number of hydrogen-bond donors (Lipinski definition) is 2. The van der Waals surface area contributed by atoms with Crippen molar-refractivity contribution in [3.8, 4) is 22.6 Å². The molecule has 0 bridgehead atoms. The Labute approximate surface area is 210 Å². The molecule has 1 aromatic heterocycles. The van der Waals surface area contributed by atoms with Crippen LogP contribution < -0.4 is 19.5 Å². The lowest BCUT2D eigenvalue weighted by atomic mass is 10.1. The van der Waals surface area contributed by atoms with Gasteiger partial charge in [0, 0.05) is 24.6 Å². The zero-order chi connectivity index (χ0) is 25.4. The maximum absolute atomic E-state index is 13.6. The first kappa shape index (κ1) is 25.6. The summed E-state index contributed by atoms with van der Waals surface area (Å²) in [5.74, 6) is 0.198. The third-order valence-corrected chi connectivity index (χ3v) is 8.77. The van der Waals surface area contributed by atoms with Crippen molar-refractivity contribution < 1.29 is 31.1 Å². The molecule has 1 fully saturated rings. The fourth-order valence-electron chi connectivity index (χ4n) is 3.70. The highest BCUT2D eigenvalue weighted by Gasteiger charge is 2.38. The second-order valence-corrected chi connectivity index (χ2v) is 11.8. The number of halogens is 4. The number of anilines is 1. The molecule has 3 aromatic rings. The quantitative estimate of drug-likeness (QED) is 0.378. The molecule has 188 valence electrons. The Morgan fingerprint density at radius 3 is 2.46 bits per heavy atom. The Kier molecular flexibility index (Phi) is 6.98. The van der Waals surface area contributed by atoms with Crippen molar-refractivity contribution in [3.05, 3.63) is 58.4 Å². The standard InChI is InChI=1S/C23H22ClF3N2O4S2/c1-22(9-10-28-13-22)33-19-11-15(5-8-18(19)23(25,26)27)29-35(30,31)20-12-17(21(24)34-20)14-3-6-16(32-2)7-4-14/h3-8,11-12,28-29H,9-10,13H2,1-2H3/t22-/m1/s1. The molecule has 0 aliphatic carbocycles. The summed E-state index contributed by atoms with van der Waals surface area (Å²) < 4.78 is 80.2. The van der Waals surface area contributed by atoms with Gasteiger partial charge in [-0.3, -0.25) is 4.72 Å². The molecule has 0 saturated carbocycles. The van der Waals surface area contributed by atoms with Gasteiger partial charge in [-0.05, 0) is 49.4 Å². The van der Waals surface area contributed by atoms with E-state index in [-0.39, 0.29) is 14.2 Å². The molecule has 1 atom stereocenters. The van der Waals surface area contributed by atoms with Crippen molar-refractivity contribution in [2.75, 3.05) is 24.9 Å². The van der Waals surface area contributed by atoms with Crippen LogP contribution in [-0.4, -0.2) is 34.2 Å². The molecular formula is C23H22ClF3N2O4S2.